The van der Waals surface area contributed by atoms with Gasteiger partial charge in [-0.05, 0) is 18.2 Å². The van der Waals surface area contributed by atoms with E-state index in [1.165, 1.54) is 6.20 Å². The van der Waals surface area contributed by atoms with E-state index in [1.54, 1.807) is 30.6 Å². The Bertz CT molecular complexity index is 368. The second-order valence-corrected chi connectivity index (χ2v) is 3.49. The van der Waals surface area contributed by atoms with Crippen LogP contribution in [-0.4, -0.2) is 9.97 Å². The summed E-state index contributed by atoms with van der Waals surface area (Å²) in [6, 6.07) is 1.75. The van der Waals surface area contributed by atoms with Gasteiger partial charge in [-0.1, -0.05) is 22.5 Å². The van der Waals surface area contributed by atoms with Crippen LogP contribution in [0, 0.1) is 0 Å². The predicted molar refractivity (Wildman–Crippen MR) is 61.4 cm³/mol. The predicted octanol–water partition coefficient (Wildman–Crippen LogP) is 2.24. The van der Waals surface area contributed by atoms with Gasteiger partial charge in [-0.2, -0.15) is 0 Å². The van der Waals surface area contributed by atoms with Gasteiger partial charge in [0.25, 0.3) is 0 Å². The van der Waals surface area contributed by atoms with Gasteiger partial charge in [-0.15, -0.1) is 0 Å². The molecule has 0 atom stereocenters. The molecule has 0 saturated heterocycles. The number of allylic oxidation sites excluding steroid dienone is 4. The van der Waals surface area contributed by atoms with Crippen molar-refractivity contribution in [3.8, 4) is 0 Å². The highest BCUT2D eigenvalue weighted by atomic mass is 79.9. The largest absolute Gasteiger partial charge is 0.404 e. The van der Waals surface area contributed by atoms with Crippen LogP contribution in [0.3, 0.4) is 0 Å². The highest BCUT2D eigenvalue weighted by molar-refractivity contribution is 9.11. The summed E-state index contributed by atoms with van der Waals surface area (Å²) in [6.07, 6.45) is 8.38. The van der Waals surface area contributed by atoms with Gasteiger partial charge < -0.3 is 5.73 Å². The Hall–Kier alpha value is -1.42. The van der Waals surface area contributed by atoms with E-state index in [0.29, 0.717) is 5.82 Å². The average Bonchev–Trinajstić information content (AvgIpc) is 2.20. The van der Waals surface area contributed by atoms with Crippen molar-refractivity contribution in [2.75, 3.05) is 0 Å². The van der Waals surface area contributed by atoms with Crippen molar-refractivity contribution < 1.29 is 0 Å². The van der Waals surface area contributed by atoms with Crippen LogP contribution in [0.15, 0.2) is 47.9 Å². The molecule has 0 saturated carbocycles. The van der Waals surface area contributed by atoms with Crippen molar-refractivity contribution in [3.63, 3.8) is 0 Å². The molecule has 0 aliphatic heterocycles. The van der Waals surface area contributed by atoms with Crippen molar-refractivity contribution >= 4 is 21.5 Å². The molecule has 4 heteroatoms. The van der Waals surface area contributed by atoms with Crippen LogP contribution in [0.1, 0.15) is 5.82 Å². The maximum atomic E-state index is 5.45. The molecule has 1 aromatic rings. The maximum absolute atomic E-state index is 5.45. The van der Waals surface area contributed by atoms with E-state index in [2.05, 4.69) is 32.5 Å². The van der Waals surface area contributed by atoms with Gasteiger partial charge in [0.05, 0.1) is 0 Å². The number of nitrogens with two attached hydrogens (primary N) is 1. The lowest BCUT2D eigenvalue weighted by molar-refractivity contribution is 1.12. The van der Waals surface area contributed by atoms with Crippen molar-refractivity contribution in [2.45, 2.75) is 0 Å². The van der Waals surface area contributed by atoms with Crippen LogP contribution in [-0.2, 0) is 0 Å². The topological polar surface area (TPSA) is 51.8 Å². The second-order valence-electron chi connectivity index (χ2n) is 2.47. The number of aromatic nitrogens is 2. The van der Waals surface area contributed by atoms with Gasteiger partial charge in [-0.25, -0.2) is 9.97 Å². The SMILES string of the molecule is C=C(Br)/C=C\C(=C/N)c1ncccn1. The first-order valence-electron chi connectivity index (χ1n) is 3.96. The van der Waals surface area contributed by atoms with Gasteiger partial charge in [0.15, 0.2) is 5.82 Å². The zero-order chi connectivity index (χ0) is 10.4. The smallest absolute Gasteiger partial charge is 0.160 e. The molecule has 2 N–H and O–H groups in total. The Morgan fingerprint density at radius 3 is 2.50 bits per heavy atom. The number of hydrogen-bond acceptors (Lipinski definition) is 3. The van der Waals surface area contributed by atoms with E-state index >= 15 is 0 Å². The van der Waals surface area contributed by atoms with E-state index in [4.69, 9.17) is 5.73 Å². The lowest BCUT2D eigenvalue weighted by Gasteiger charge is -1.97. The van der Waals surface area contributed by atoms with E-state index < -0.39 is 0 Å². The molecule has 0 amide bonds. The fraction of sp³-hybridized carbons (Fsp3) is 0. The standard InChI is InChI=1S/C10H10BrN3/c1-8(11)3-4-9(7-12)10-13-5-2-6-14-10/h2-7H,1,12H2/b4-3-,9-7+. The number of nitrogens with zero attached hydrogens (tertiary/aromatic N) is 2. The summed E-state index contributed by atoms with van der Waals surface area (Å²) in [5.41, 5.74) is 6.21. The van der Waals surface area contributed by atoms with Crippen LogP contribution in [0.2, 0.25) is 0 Å². The quantitative estimate of drug-likeness (QED) is 0.839. The molecular formula is C10H10BrN3. The Labute approximate surface area is 91.2 Å². The molecule has 3 nitrogen and oxygen atoms in total. The van der Waals surface area contributed by atoms with Gasteiger partial charge in [0, 0.05) is 28.6 Å². The molecular weight excluding hydrogens is 242 g/mol. The highest BCUT2D eigenvalue weighted by Crippen LogP contribution is 2.11. The zero-order valence-electron chi connectivity index (χ0n) is 7.52. The highest BCUT2D eigenvalue weighted by Gasteiger charge is 1.98. The monoisotopic (exact) mass is 251 g/mol. The van der Waals surface area contributed by atoms with Gasteiger partial charge in [0.1, 0.15) is 0 Å². The minimum Gasteiger partial charge on any atom is -0.404 e. The molecule has 0 aliphatic rings. The van der Waals surface area contributed by atoms with Crippen LogP contribution in [0.5, 0.6) is 0 Å². The van der Waals surface area contributed by atoms with E-state index in [0.717, 1.165) is 10.1 Å². The Balaban J connectivity index is 2.90. The summed E-state index contributed by atoms with van der Waals surface area (Å²) in [7, 11) is 0. The van der Waals surface area contributed by atoms with Gasteiger partial charge >= 0.3 is 0 Å². The summed E-state index contributed by atoms with van der Waals surface area (Å²) in [6.45, 7) is 3.68. The summed E-state index contributed by atoms with van der Waals surface area (Å²) < 4.78 is 0.771. The number of hydrogen-bond donors (Lipinski definition) is 1. The van der Waals surface area contributed by atoms with Gasteiger partial charge in [0.2, 0.25) is 0 Å². The molecule has 0 radical (unpaired) electrons. The van der Waals surface area contributed by atoms with Crippen LogP contribution in [0.25, 0.3) is 5.57 Å². The molecule has 0 unspecified atom stereocenters. The third kappa shape index (κ3) is 3.14. The Morgan fingerprint density at radius 2 is 2.00 bits per heavy atom. The summed E-state index contributed by atoms with van der Waals surface area (Å²) in [5.74, 6) is 0.597. The number of halogens is 1. The first-order valence-corrected chi connectivity index (χ1v) is 4.75. The van der Waals surface area contributed by atoms with E-state index in [-0.39, 0.29) is 0 Å². The molecule has 0 aliphatic carbocycles. The fourth-order valence-corrected chi connectivity index (χ4v) is 0.965. The second kappa shape index (κ2) is 5.34. The first-order chi connectivity index (χ1) is 6.74. The third-order valence-electron chi connectivity index (χ3n) is 1.45. The van der Waals surface area contributed by atoms with Crippen molar-refractivity contribution in [2.24, 2.45) is 5.73 Å². The van der Waals surface area contributed by atoms with Crippen molar-refractivity contribution in [1.29, 1.82) is 0 Å². The lowest BCUT2D eigenvalue weighted by Crippen LogP contribution is -1.93. The van der Waals surface area contributed by atoms with Crippen molar-refractivity contribution in [1.82, 2.24) is 9.97 Å². The first kappa shape index (κ1) is 10.7. The third-order valence-corrected chi connectivity index (χ3v) is 1.71. The van der Waals surface area contributed by atoms with E-state index in [1.807, 2.05) is 0 Å². The molecule has 72 valence electrons. The van der Waals surface area contributed by atoms with Crippen molar-refractivity contribution in [3.05, 3.63) is 53.7 Å². The maximum Gasteiger partial charge on any atom is 0.160 e. The average molecular weight is 252 g/mol. The lowest BCUT2D eigenvalue weighted by atomic mass is 10.2. The molecule has 0 spiro atoms. The Kier molecular flexibility index (Phi) is 4.07. The van der Waals surface area contributed by atoms with Crippen LogP contribution < -0.4 is 5.73 Å². The summed E-state index contributed by atoms with van der Waals surface area (Å²) >= 11 is 3.21. The number of rotatable bonds is 3. The summed E-state index contributed by atoms with van der Waals surface area (Å²) in [5, 5.41) is 0. The molecule has 1 heterocycles. The van der Waals surface area contributed by atoms with Crippen LogP contribution >= 0.6 is 15.9 Å². The molecule has 1 rings (SSSR count). The molecule has 0 fully saturated rings. The fourth-order valence-electron chi connectivity index (χ4n) is 0.833. The Morgan fingerprint density at radius 1 is 1.36 bits per heavy atom. The molecule has 0 bridgehead atoms. The minimum atomic E-state index is 0.597. The summed E-state index contributed by atoms with van der Waals surface area (Å²) in [4.78, 5) is 8.14. The van der Waals surface area contributed by atoms with Crippen LogP contribution in [0.4, 0.5) is 0 Å². The molecule has 14 heavy (non-hydrogen) atoms. The van der Waals surface area contributed by atoms with Gasteiger partial charge in [-0.3, -0.25) is 0 Å². The zero-order valence-corrected chi connectivity index (χ0v) is 9.11. The normalized spacial score (nSPS) is 11.9. The molecule has 1 aromatic heterocycles. The van der Waals surface area contributed by atoms with E-state index in [9.17, 15) is 0 Å². The molecule has 0 aromatic carbocycles. The minimum absolute atomic E-state index is 0.597.